The second-order valence-electron chi connectivity index (χ2n) is 9.34. The SMILES string of the molecule is CC(=O)C1CCC(c2ccccc2)c2c1ccc1c2cc(-c2ccc(Cl)cc2)c2ccccc21. The van der Waals surface area contributed by atoms with Gasteiger partial charge in [0, 0.05) is 16.9 Å². The van der Waals surface area contributed by atoms with E-state index in [1.165, 1.54) is 43.8 Å². The Kier molecular flexibility index (Phi) is 5.23. The number of carbonyl (C=O) groups is 1. The van der Waals surface area contributed by atoms with Gasteiger partial charge in [-0.3, -0.25) is 4.79 Å². The number of benzene rings is 5. The van der Waals surface area contributed by atoms with Crippen LogP contribution in [0, 0.1) is 0 Å². The molecule has 0 saturated carbocycles. The van der Waals surface area contributed by atoms with E-state index in [2.05, 4.69) is 84.9 Å². The van der Waals surface area contributed by atoms with Crippen LogP contribution in [0.4, 0.5) is 0 Å². The predicted molar refractivity (Wildman–Crippen MR) is 143 cm³/mol. The van der Waals surface area contributed by atoms with E-state index >= 15 is 0 Å². The molecule has 0 bridgehead atoms. The van der Waals surface area contributed by atoms with Crippen molar-refractivity contribution in [3.8, 4) is 11.1 Å². The number of ketones is 1. The molecule has 0 radical (unpaired) electrons. The van der Waals surface area contributed by atoms with Gasteiger partial charge >= 0.3 is 0 Å². The van der Waals surface area contributed by atoms with Crippen molar-refractivity contribution in [3.05, 3.63) is 119 Å². The van der Waals surface area contributed by atoms with Gasteiger partial charge in [-0.15, -0.1) is 0 Å². The lowest BCUT2D eigenvalue weighted by Gasteiger charge is -2.32. The molecule has 0 fully saturated rings. The zero-order valence-corrected chi connectivity index (χ0v) is 19.8. The number of hydrogen-bond donors (Lipinski definition) is 0. The molecule has 2 heteroatoms. The van der Waals surface area contributed by atoms with Crippen LogP contribution in [0.3, 0.4) is 0 Å². The highest BCUT2D eigenvalue weighted by Gasteiger charge is 2.32. The topological polar surface area (TPSA) is 17.1 Å². The Balaban J connectivity index is 1.72. The first-order valence-corrected chi connectivity index (χ1v) is 12.3. The molecule has 0 heterocycles. The molecule has 166 valence electrons. The first-order valence-electron chi connectivity index (χ1n) is 11.9. The highest BCUT2D eigenvalue weighted by atomic mass is 35.5. The Labute approximate surface area is 205 Å². The fourth-order valence-corrected chi connectivity index (χ4v) is 5.98. The summed E-state index contributed by atoms with van der Waals surface area (Å²) in [6, 6.07) is 34.3. The van der Waals surface area contributed by atoms with Gasteiger partial charge < -0.3 is 0 Å². The molecule has 1 aliphatic carbocycles. The van der Waals surface area contributed by atoms with Crippen LogP contribution >= 0.6 is 11.6 Å². The fraction of sp³-hybridized carbons (Fsp3) is 0.156. The molecule has 1 nitrogen and oxygen atoms in total. The maximum atomic E-state index is 12.7. The van der Waals surface area contributed by atoms with E-state index in [1.807, 2.05) is 12.1 Å². The summed E-state index contributed by atoms with van der Waals surface area (Å²) in [4.78, 5) is 12.7. The first kappa shape index (κ1) is 21.1. The van der Waals surface area contributed by atoms with Gasteiger partial charge in [0.15, 0.2) is 0 Å². The quantitative estimate of drug-likeness (QED) is 0.245. The molecule has 0 aromatic heterocycles. The largest absolute Gasteiger partial charge is 0.299 e. The summed E-state index contributed by atoms with van der Waals surface area (Å²) in [6.07, 6.45) is 1.87. The van der Waals surface area contributed by atoms with Gasteiger partial charge in [0.25, 0.3) is 0 Å². The van der Waals surface area contributed by atoms with Gasteiger partial charge in [-0.1, -0.05) is 90.5 Å². The van der Waals surface area contributed by atoms with Gasteiger partial charge in [-0.05, 0) is 87.3 Å². The predicted octanol–water partition coefficient (Wildman–Crippen LogP) is 8.91. The number of rotatable bonds is 3. The molecule has 2 atom stereocenters. The van der Waals surface area contributed by atoms with Crippen molar-refractivity contribution in [2.24, 2.45) is 0 Å². The number of carbonyl (C=O) groups excluding carboxylic acids is 1. The number of hydrogen-bond acceptors (Lipinski definition) is 1. The van der Waals surface area contributed by atoms with E-state index < -0.39 is 0 Å². The minimum atomic E-state index is -0.0372. The van der Waals surface area contributed by atoms with E-state index in [9.17, 15) is 4.79 Å². The maximum Gasteiger partial charge on any atom is 0.137 e. The Bertz CT molecular complexity index is 1530. The van der Waals surface area contributed by atoms with Crippen LogP contribution in [0.25, 0.3) is 32.7 Å². The van der Waals surface area contributed by atoms with Crippen LogP contribution in [0.2, 0.25) is 5.02 Å². The van der Waals surface area contributed by atoms with Crippen LogP contribution in [0.1, 0.15) is 48.3 Å². The van der Waals surface area contributed by atoms with Crippen molar-refractivity contribution >= 4 is 38.9 Å². The lowest BCUT2D eigenvalue weighted by Crippen LogP contribution is -2.20. The van der Waals surface area contributed by atoms with E-state index in [0.717, 1.165) is 23.4 Å². The van der Waals surface area contributed by atoms with Crippen LogP contribution in [0.15, 0.2) is 97.1 Å². The van der Waals surface area contributed by atoms with Crippen LogP contribution in [0.5, 0.6) is 0 Å². The summed E-state index contributed by atoms with van der Waals surface area (Å²) in [5, 5.41) is 5.70. The second-order valence-corrected chi connectivity index (χ2v) is 9.78. The molecule has 2 unspecified atom stereocenters. The minimum Gasteiger partial charge on any atom is -0.299 e. The molecule has 0 N–H and O–H groups in total. The maximum absolute atomic E-state index is 12.7. The van der Waals surface area contributed by atoms with Gasteiger partial charge in [-0.2, -0.15) is 0 Å². The Morgan fingerprint density at radius 1 is 0.735 bits per heavy atom. The highest BCUT2D eigenvalue weighted by molar-refractivity contribution is 6.30. The summed E-state index contributed by atoms with van der Waals surface area (Å²) >= 11 is 6.21. The molecular weight excluding hydrogens is 436 g/mol. The molecule has 0 amide bonds. The lowest BCUT2D eigenvalue weighted by atomic mass is 9.70. The fourth-order valence-electron chi connectivity index (χ4n) is 5.85. The van der Waals surface area contributed by atoms with E-state index in [0.29, 0.717) is 0 Å². The Hall–Kier alpha value is -3.42. The van der Waals surface area contributed by atoms with Gasteiger partial charge in [-0.25, -0.2) is 0 Å². The second kappa shape index (κ2) is 8.42. The first-order chi connectivity index (χ1) is 16.6. The number of fused-ring (bicyclic) bond motifs is 5. The van der Waals surface area contributed by atoms with E-state index in [1.54, 1.807) is 6.92 Å². The van der Waals surface area contributed by atoms with Crippen molar-refractivity contribution in [2.75, 3.05) is 0 Å². The smallest absolute Gasteiger partial charge is 0.137 e. The molecule has 0 saturated heterocycles. The summed E-state index contributed by atoms with van der Waals surface area (Å²) in [5.41, 5.74) is 6.17. The normalized spacial score (nSPS) is 17.6. The summed E-state index contributed by atoms with van der Waals surface area (Å²) < 4.78 is 0. The van der Waals surface area contributed by atoms with Crippen LogP contribution in [-0.2, 0) is 4.79 Å². The van der Waals surface area contributed by atoms with Crippen LogP contribution in [-0.4, -0.2) is 5.78 Å². The summed E-state index contributed by atoms with van der Waals surface area (Å²) in [6.45, 7) is 1.74. The average molecular weight is 461 g/mol. The van der Waals surface area contributed by atoms with Gasteiger partial charge in [0.2, 0.25) is 0 Å². The highest BCUT2D eigenvalue weighted by Crippen LogP contribution is 2.48. The van der Waals surface area contributed by atoms with Crippen molar-refractivity contribution in [2.45, 2.75) is 31.6 Å². The van der Waals surface area contributed by atoms with Gasteiger partial charge in [0.1, 0.15) is 5.78 Å². The van der Waals surface area contributed by atoms with Crippen LogP contribution < -0.4 is 0 Å². The Morgan fingerprint density at radius 3 is 2.15 bits per heavy atom. The van der Waals surface area contributed by atoms with E-state index in [-0.39, 0.29) is 17.6 Å². The number of halogens is 1. The molecule has 34 heavy (non-hydrogen) atoms. The zero-order chi connectivity index (χ0) is 23.2. The molecule has 6 rings (SSSR count). The zero-order valence-electron chi connectivity index (χ0n) is 19.1. The molecule has 5 aromatic rings. The van der Waals surface area contributed by atoms with Crippen molar-refractivity contribution in [1.82, 2.24) is 0 Å². The monoisotopic (exact) mass is 460 g/mol. The molecule has 0 spiro atoms. The lowest BCUT2D eigenvalue weighted by molar-refractivity contribution is -0.118. The molecule has 0 aliphatic heterocycles. The standard InChI is InChI=1S/C32H25ClO/c1-20(34)24-15-16-25(21-7-3-2-4-8-21)32-29(24)18-17-28-26-9-5-6-10-27(26)30(19-31(28)32)22-11-13-23(33)14-12-22/h2-14,17-19,24-25H,15-16H2,1H3. The van der Waals surface area contributed by atoms with Crippen molar-refractivity contribution < 1.29 is 4.79 Å². The summed E-state index contributed by atoms with van der Waals surface area (Å²) in [5.74, 6) is 0.491. The number of Topliss-reactive ketones (excluding diaryl/α,β-unsaturated/α-hetero) is 1. The average Bonchev–Trinajstić information content (AvgIpc) is 2.88. The minimum absolute atomic E-state index is 0.0372. The molecular formula is C32H25ClO. The molecule has 1 aliphatic rings. The van der Waals surface area contributed by atoms with Crippen molar-refractivity contribution in [1.29, 1.82) is 0 Å². The van der Waals surface area contributed by atoms with Gasteiger partial charge in [0.05, 0.1) is 0 Å². The summed E-state index contributed by atoms with van der Waals surface area (Å²) in [7, 11) is 0. The molecule has 5 aromatic carbocycles. The third-order valence-corrected chi connectivity index (χ3v) is 7.68. The van der Waals surface area contributed by atoms with Crippen molar-refractivity contribution in [3.63, 3.8) is 0 Å². The third kappa shape index (κ3) is 3.43. The Morgan fingerprint density at radius 2 is 1.41 bits per heavy atom. The van der Waals surface area contributed by atoms with E-state index in [4.69, 9.17) is 11.6 Å². The third-order valence-electron chi connectivity index (χ3n) is 7.43.